The molecule has 2 aliphatic rings. The summed E-state index contributed by atoms with van der Waals surface area (Å²) in [5.74, 6) is 0.712. The van der Waals surface area contributed by atoms with Crippen molar-refractivity contribution in [2.75, 3.05) is 32.1 Å². The lowest BCUT2D eigenvalue weighted by Gasteiger charge is -2.23. The molecule has 2 aromatic carbocycles. The average molecular weight is 428 g/mol. The smallest absolute Gasteiger partial charge is 0.161 e. The number of aromatic nitrogens is 3. The number of fused-ring (bicyclic) bond motifs is 5. The zero-order valence-corrected chi connectivity index (χ0v) is 18.4. The van der Waals surface area contributed by atoms with Crippen LogP contribution < -0.4 is 4.90 Å². The molecule has 0 N–H and O–H groups in total. The predicted molar refractivity (Wildman–Crippen MR) is 126 cm³/mol. The molecule has 1 saturated heterocycles. The number of halogens is 1. The third-order valence-electron chi connectivity index (χ3n) is 6.87. The lowest BCUT2D eigenvalue weighted by molar-refractivity contribution is 0.315. The van der Waals surface area contributed by atoms with Gasteiger partial charge in [-0.15, -0.1) is 0 Å². The quantitative estimate of drug-likeness (QED) is 0.420. The highest BCUT2D eigenvalue weighted by Gasteiger charge is 2.26. The summed E-state index contributed by atoms with van der Waals surface area (Å²) in [4.78, 5) is 9.49. The monoisotopic (exact) mass is 427 g/mol. The van der Waals surface area contributed by atoms with E-state index < -0.39 is 0 Å². The van der Waals surface area contributed by atoms with Crippen LogP contribution in [0, 0.1) is 5.82 Å². The minimum absolute atomic E-state index is 0.218. The molecule has 2 aliphatic heterocycles. The van der Waals surface area contributed by atoms with Crippen LogP contribution in [0.3, 0.4) is 0 Å². The number of hydrogen-bond acceptors (Lipinski definition) is 3. The van der Waals surface area contributed by atoms with Crippen molar-refractivity contribution >= 4 is 5.69 Å². The lowest BCUT2D eigenvalue weighted by atomic mass is 10.1. The van der Waals surface area contributed by atoms with Gasteiger partial charge >= 0.3 is 0 Å². The fourth-order valence-electron chi connectivity index (χ4n) is 5.03. The first kappa shape index (κ1) is 19.3. The molecule has 0 amide bonds. The maximum absolute atomic E-state index is 13.4. The molecule has 6 rings (SSSR count). The number of likely N-dealkylation sites (N-methyl/N-ethyl adjacent to an activating group) is 1. The van der Waals surface area contributed by atoms with Gasteiger partial charge in [0.25, 0.3) is 0 Å². The van der Waals surface area contributed by atoms with E-state index in [9.17, 15) is 4.39 Å². The van der Waals surface area contributed by atoms with Crippen molar-refractivity contribution < 1.29 is 4.39 Å². The number of anilines is 1. The SMILES string of the molecule is CN(C)[C@H]1CCN(c2ccc3c(c2)Cn2cc(-c4ccc(F)cc4)cc2-c2nccn2-3)C1. The summed E-state index contributed by atoms with van der Waals surface area (Å²) >= 11 is 0. The van der Waals surface area contributed by atoms with Gasteiger partial charge in [0, 0.05) is 55.5 Å². The molecule has 4 heterocycles. The van der Waals surface area contributed by atoms with Gasteiger partial charge in [-0.1, -0.05) is 12.1 Å². The van der Waals surface area contributed by atoms with Gasteiger partial charge in [-0.3, -0.25) is 4.57 Å². The minimum Gasteiger partial charge on any atom is -0.370 e. The normalized spacial score (nSPS) is 17.2. The van der Waals surface area contributed by atoms with Crippen molar-refractivity contribution in [3.63, 3.8) is 0 Å². The fourth-order valence-corrected chi connectivity index (χ4v) is 5.03. The maximum Gasteiger partial charge on any atom is 0.161 e. The van der Waals surface area contributed by atoms with Crippen LogP contribution in [0.1, 0.15) is 12.0 Å². The van der Waals surface area contributed by atoms with E-state index in [-0.39, 0.29) is 5.82 Å². The molecular weight excluding hydrogens is 401 g/mol. The number of benzene rings is 2. The Morgan fingerprint density at radius 3 is 2.66 bits per heavy atom. The van der Waals surface area contributed by atoms with Crippen LogP contribution in [0.5, 0.6) is 0 Å². The molecule has 4 aromatic rings. The molecule has 0 saturated carbocycles. The van der Waals surface area contributed by atoms with Gasteiger partial charge in [0.15, 0.2) is 5.82 Å². The summed E-state index contributed by atoms with van der Waals surface area (Å²) in [6.07, 6.45) is 7.24. The Hall–Kier alpha value is -3.38. The average Bonchev–Trinajstić information content (AvgIpc) is 3.53. The van der Waals surface area contributed by atoms with Crippen LogP contribution in [0.4, 0.5) is 10.1 Å². The topological polar surface area (TPSA) is 29.2 Å². The zero-order chi connectivity index (χ0) is 21.8. The molecule has 32 heavy (non-hydrogen) atoms. The number of nitrogens with zero attached hydrogens (tertiary/aromatic N) is 5. The van der Waals surface area contributed by atoms with Crippen LogP contribution in [0.25, 0.3) is 28.3 Å². The Morgan fingerprint density at radius 2 is 1.88 bits per heavy atom. The predicted octanol–water partition coefficient (Wildman–Crippen LogP) is 4.65. The van der Waals surface area contributed by atoms with Crippen molar-refractivity contribution in [2.24, 2.45) is 0 Å². The molecule has 0 bridgehead atoms. The summed E-state index contributed by atoms with van der Waals surface area (Å²) in [6.45, 7) is 2.92. The first-order valence-electron chi connectivity index (χ1n) is 11.1. The third-order valence-corrected chi connectivity index (χ3v) is 6.87. The Morgan fingerprint density at radius 1 is 1.03 bits per heavy atom. The van der Waals surface area contributed by atoms with Crippen molar-refractivity contribution in [2.45, 2.75) is 19.0 Å². The molecule has 0 unspecified atom stereocenters. The summed E-state index contributed by atoms with van der Waals surface area (Å²) in [7, 11) is 4.33. The minimum atomic E-state index is -0.218. The van der Waals surface area contributed by atoms with Gasteiger partial charge in [0.05, 0.1) is 11.4 Å². The van der Waals surface area contributed by atoms with Gasteiger partial charge in [-0.2, -0.15) is 0 Å². The van der Waals surface area contributed by atoms with E-state index in [1.807, 2.05) is 24.5 Å². The lowest BCUT2D eigenvalue weighted by Crippen LogP contribution is -2.31. The molecule has 0 aliphatic carbocycles. The van der Waals surface area contributed by atoms with Crippen LogP contribution in [0.2, 0.25) is 0 Å². The fraction of sp³-hybridized carbons (Fsp3) is 0.269. The second kappa shape index (κ2) is 7.35. The zero-order valence-electron chi connectivity index (χ0n) is 18.4. The Balaban J connectivity index is 1.41. The van der Waals surface area contributed by atoms with E-state index in [0.29, 0.717) is 6.04 Å². The second-order valence-electron chi connectivity index (χ2n) is 9.03. The van der Waals surface area contributed by atoms with Crippen molar-refractivity contribution in [3.05, 3.63) is 78.5 Å². The Bertz CT molecular complexity index is 1280. The highest BCUT2D eigenvalue weighted by Crippen LogP contribution is 2.35. The first-order valence-corrected chi connectivity index (χ1v) is 11.1. The molecule has 0 radical (unpaired) electrons. The van der Waals surface area contributed by atoms with E-state index in [2.05, 4.69) is 68.5 Å². The van der Waals surface area contributed by atoms with Crippen molar-refractivity contribution in [3.8, 4) is 28.3 Å². The highest BCUT2D eigenvalue weighted by atomic mass is 19.1. The van der Waals surface area contributed by atoms with Crippen LogP contribution >= 0.6 is 0 Å². The summed E-state index contributed by atoms with van der Waals surface area (Å²) in [5.41, 5.74) is 6.88. The van der Waals surface area contributed by atoms with Crippen LogP contribution in [0.15, 0.2) is 67.1 Å². The number of imidazole rings is 1. The molecule has 162 valence electrons. The summed E-state index contributed by atoms with van der Waals surface area (Å²) < 4.78 is 17.9. The first-order chi connectivity index (χ1) is 15.6. The second-order valence-corrected chi connectivity index (χ2v) is 9.03. The maximum atomic E-state index is 13.4. The molecule has 6 heteroatoms. The Kier molecular flexibility index (Phi) is 4.43. The highest BCUT2D eigenvalue weighted by molar-refractivity contribution is 5.72. The molecule has 1 atom stereocenters. The van der Waals surface area contributed by atoms with Crippen molar-refractivity contribution in [1.29, 1.82) is 0 Å². The van der Waals surface area contributed by atoms with Crippen LogP contribution in [-0.2, 0) is 6.54 Å². The summed E-state index contributed by atoms with van der Waals surface area (Å²) in [6, 6.07) is 16.2. The standard InChI is InChI=1S/C26H26FN5/c1-29(2)23-9-11-30(17-23)22-7-8-24-20(13-22)16-31-15-19(18-3-5-21(27)6-4-18)14-25(31)26-28-10-12-32(24)26/h3-8,10,12-15,23H,9,11,16-17H2,1-2H3/t23-/m0/s1. The van der Waals surface area contributed by atoms with E-state index in [4.69, 9.17) is 0 Å². The van der Waals surface area contributed by atoms with Gasteiger partial charge in [0.2, 0.25) is 0 Å². The number of hydrogen-bond donors (Lipinski definition) is 0. The van der Waals surface area contributed by atoms with Gasteiger partial charge < -0.3 is 14.4 Å². The third kappa shape index (κ3) is 3.14. The van der Waals surface area contributed by atoms with E-state index in [1.165, 1.54) is 35.5 Å². The molecule has 1 fully saturated rings. The summed E-state index contributed by atoms with van der Waals surface area (Å²) in [5, 5.41) is 0. The largest absolute Gasteiger partial charge is 0.370 e. The molecular formula is C26H26FN5. The molecule has 5 nitrogen and oxygen atoms in total. The van der Waals surface area contributed by atoms with Gasteiger partial charge in [0.1, 0.15) is 5.82 Å². The van der Waals surface area contributed by atoms with Gasteiger partial charge in [-0.05, 0) is 68.0 Å². The number of rotatable bonds is 3. The van der Waals surface area contributed by atoms with E-state index >= 15 is 0 Å². The molecule has 0 spiro atoms. The van der Waals surface area contributed by atoms with Gasteiger partial charge in [-0.25, -0.2) is 9.37 Å². The van der Waals surface area contributed by atoms with E-state index in [0.717, 1.165) is 42.3 Å². The molecule has 2 aromatic heterocycles. The van der Waals surface area contributed by atoms with E-state index in [1.54, 1.807) is 0 Å². The van der Waals surface area contributed by atoms with Crippen molar-refractivity contribution in [1.82, 2.24) is 19.0 Å². The van der Waals surface area contributed by atoms with Crippen LogP contribution in [-0.4, -0.2) is 52.2 Å². The Labute approximate surface area is 187 Å².